The fourth-order valence-electron chi connectivity index (χ4n) is 5.71. The number of nitrogens with one attached hydrogen (secondary N) is 2. The number of ether oxygens (including phenoxy) is 1. The van der Waals surface area contributed by atoms with Gasteiger partial charge in [-0.25, -0.2) is 9.78 Å². The predicted octanol–water partition coefficient (Wildman–Crippen LogP) is 6.20. The molecule has 1 aliphatic rings. The predicted molar refractivity (Wildman–Crippen MR) is 164 cm³/mol. The number of methoxy groups -OCH3 is 1. The lowest BCUT2D eigenvalue weighted by atomic mass is 9.94. The normalized spacial score (nSPS) is 17.0. The summed E-state index contributed by atoms with van der Waals surface area (Å²) in [6, 6.07) is 32.1. The van der Waals surface area contributed by atoms with Crippen molar-refractivity contribution in [3.8, 4) is 22.5 Å². The number of hydrogen-bond donors (Lipinski definition) is 2. The monoisotopic (exact) mass is 543 g/mol. The van der Waals surface area contributed by atoms with Crippen molar-refractivity contribution in [1.82, 2.24) is 20.2 Å². The van der Waals surface area contributed by atoms with E-state index in [2.05, 4.69) is 44.8 Å². The first-order chi connectivity index (χ1) is 20.2. The molecule has 0 unspecified atom stereocenters. The Morgan fingerprint density at radius 1 is 0.854 bits per heavy atom. The van der Waals surface area contributed by atoms with E-state index in [1.807, 2.05) is 79.0 Å². The lowest BCUT2D eigenvalue weighted by molar-refractivity contribution is 0.159. The van der Waals surface area contributed by atoms with Gasteiger partial charge in [0, 0.05) is 67.0 Å². The maximum absolute atomic E-state index is 13.7. The van der Waals surface area contributed by atoms with Crippen molar-refractivity contribution in [2.75, 3.05) is 38.7 Å². The van der Waals surface area contributed by atoms with E-state index in [4.69, 9.17) is 9.72 Å². The van der Waals surface area contributed by atoms with Crippen molar-refractivity contribution in [3.05, 3.63) is 115 Å². The summed E-state index contributed by atoms with van der Waals surface area (Å²) in [6.07, 6.45) is 3.58. The van der Waals surface area contributed by atoms with Gasteiger partial charge in [-0.15, -0.1) is 0 Å². The third-order valence-corrected chi connectivity index (χ3v) is 7.68. The minimum Gasteiger partial charge on any atom is -0.383 e. The fraction of sp³-hybridized carbons (Fsp3) is 0.206. The van der Waals surface area contributed by atoms with Gasteiger partial charge >= 0.3 is 6.03 Å². The standard InChI is InChI=1S/C34H33N5O2/c1-41-20-19-39-22-29(24-11-4-2-5-12-24)30(23-39)36-34(40)38-33-28-17-9-8-16-27(28)31(26-15-10-18-35-21-26)37-32(33)25-13-6-3-7-14-25/h2-18,21,29-30H,19-20,22-23H2,1H3,(H2,36,38,40)/t29-,30+/m0/s1. The Hall–Kier alpha value is -4.59. The van der Waals surface area contributed by atoms with Crippen molar-refractivity contribution < 1.29 is 9.53 Å². The Morgan fingerprint density at radius 3 is 2.29 bits per heavy atom. The second-order valence-corrected chi connectivity index (χ2v) is 10.3. The summed E-state index contributed by atoms with van der Waals surface area (Å²) in [6.45, 7) is 3.09. The molecule has 0 aliphatic carbocycles. The number of hydrogen-bond acceptors (Lipinski definition) is 5. The molecule has 0 spiro atoms. The first kappa shape index (κ1) is 26.6. The average Bonchev–Trinajstić information content (AvgIpc) is 3.43. The van der Waals surface area contributed by atoms with Gasteiger partial charge in [-0.1, -0.05) is 84.9 Å². The van der Waals surface area contributed by atoms with E-state index in [0.717, 1.165) is 47.2 Å². The van der Waals surface area contributed by atoms with E-state index >= 15 is 0 Å². The molecule has 2 aromatic heterocycles. The van der Waals surface area contributed by atoms with E-state index in [-0.39, 0.29) is 18.0 Å². The van der Waals surface area contributed by atoms with Crippen LogP contribution in [-0.4, -0.2) is 60.3 Å². The van der Waals surface area contributed by atoms with Gasteiger partial charge in [0.2, 0.25) is 0 Å². The third-order valence-electron chi connectivity index (χ3n) is 7.68. The highest BCUT2D eigenvalue weighted by atomic mass is 16.5. The number of aromatic nitrogens is 2. The summed E-state index contributed by atoms with van der Waals surface area (Å²) in [4.78, 5) is 25.5. The first-order valence-electron chi connectivity index (χ1n) is 13.9. The number of anilines is 1. The number of carbonyl (C=O) groups excluding carboxylic acids is 1. The number of urea groups is 1. The van der Waals surface area contributed by atoms with Gasteiger partial charge in [-0.3, -0.25) is 9.88 Å². The molecule has 1 aliphatic heterocycles. The number of amides is 2. The van der Waals surface area contributed by atoms with Gasteiger partial charge in [0.25, 0.3) is 0 Å². The van der Waals surface area contributed by atoms with Crippen molar-refractivity contribution in [2.24, 2.45) is 0 Å². The highest BCUT2D eigenvalue weighted by molar-refractivity contribution is 6.10. The van der Waals surface area contributed by atoms with Crippen molar-refractivity contribution >= 4 is 22.5 Å². The van der Waals surface area contributed by atoms with E-state index in [1.54, 1.807) is 13.3 Å². The molecular formula is C34H33N5O2. The molecule has 206 valence electrons. The topological polar surface area (TPSA) is 79.4 Å². The van der Waals surface area contributed by atoms with Gasteiger partial charge < -0.3 is 15.4 Å². The maximum Gasteiger partial charge on any atom is 0.319 e. The maximum atomic E-state index is 13.7. The molecule has 6 rings (SSSR count). The van der Waals surface area contributed by atoms with Crippen LogP contribution < -0.4 is 10.6 Å². The summed E-state index contributed by atoms with van der Waals surface area (Å²) >= 11 is 0. The molecule has 1 fully saturated rings. The highest BCUT2D eigenvalue weighted by Crippen LogP contribution is 2.38. The molecule has 0 saturated carbocycles. The summed E-state index contributed by atoms with van der Waals surface area (Å²) in [7, 11) is 1.72. The Bertz CT molecular complexity index is 1610. The van der Waals surface area contributed by atoms with Crippen LogP contribution in [0.25, 0.3) is 33.3 Å². The molecule has 5 aromatic rings. The van der Waals surface area contributed by atoms with Crippen LogP contribution in [0.3, 0.4) is 0 Å². The smallest absolute Gasteiger partial charge is 0.319 e. The van der Waals surface area contributed by atoms with Gasteiger partial charge in [0.05, 0.1) is 29.7 Å². The lowest BCUT2D eigenvalue weighted by Crippen LogP contribution is -2.42. The minimum absolute atomic E-state index is 0.0525. The van der Waals surface area contributed by atoms with E-state index < -0.39 is 0 Å². The second kappa shape index (κ2) is 12.3. The molecule has 3 aromatic carbocycles. The molecule has 7 nitrogen and oxygen atoms in total. The molecule has 2 atom stereocenters. The number of nitrogens with zero attached hydrogens (tertiary/aromatic N) is 3. The van der Waals surface area contributed by atoms with E-state index in [9.17, 15) is 4.79 Å². The van der Waals surface area contributed by atoms with Crippen LogP contribution in [0.4, 0.5) is 10.5 Å². The lowest BCUT2D eigenvalue weighted by Gasteiger charge is -2.22. The Balaban J connectivity index is 1.36. The number of likely N-dealkylation sites (tertiary alicyclic amines) is 1. The number of carbonyl (C=O) groups is 1. The summed E-state index contributed by atoms with van der Waals surface area (Å²) in [5, 5.41) is 8.39. The van der Waals surface area contributed by atoms with Crippen LogP contribution in [0, 0.1) is 0 Å². The zero-order valence-corrected chi connectivity index (χ0v) is 23.0. The Kier molecular flexibility index (Phi) is 7.98. The average molecular weight is 544 g/mol. The molecule has 2 amide bonds. The zero-order chi connectivity index (χ0) is 28.0. The van der Waals surface area contributed by atoms with Crippen molar-refractivity contribution in [1.29, 1.82) is 0 Å². The number of fused-ring (bicyclic) bond motifs is 1. The van der Waals surface area contributed by atoms with Crippen LogP contribution >= 0.6 is 0 Å². The minimum atomic E-state index is -0.247. The Labute approximate surface area is 240 Å². The molecule has 41 heavy (non-hydrogen) atoms. The quantitative estimate of drug-likeness (QED) is 0.244. The van der Waals surface area contributed by atoms with Crippen molar-refractivity contribution in [2.45, 2.75) is 12.0 Å². The van der Waals surface area contributed by atoms with Crippen LogP contribution in [0.2, 0.25) is 0 Å². The zero-order valence-electron chi connectivity index (χ0n) is 23.0. The molecular weight excluding hydrogens is 510 g/mol. The number of pyridine rings is 2. The van der Waals surface area contributed by atoms with Crippen LogP contribution in [-0.2, 0) is 4.74 Å². The molecule has 3 heterocycles. The van der Waals surface area contributed by atoms with Gasteiger partial charge in [0.1, 0.15) is 0 Å². The summed E-state index contributed by atoms with van der Waals surface area (Å²) in [5.41, 5.74) is 5.29. The van der Waals surface area contributed by atoms with Crippen molar-refractivity contribution in [3.63, 3.8) is 0 Å². The molecule has 1 saturated heterocycles. The molecule has 0 radical (unpaired) electrons. The molecule has 0 bridgehead atoms. The SMILES string of the molecule is COCCN1C[C@@H](NC(=O)Nc2c(-c3ccccc3)nc(-c3cccnc3)c3ccccc23)[C@H](c2ccccc2)C1. The molecule has 7 heteroatoms. The fourth-order valence-corrected chi connectivity index (χ4v) is 5.71. The largest absolute Gasteiger partial charge is 0.383 e. The second-order valence-electron chi connectivity index (χ2n) is 10.3. The summed E-state index contributed by atoms with van der Waals surface area (Å²) in [5.74, 6) is 0.176. The van der Waals surface area contributed by atoms with Crippen LogP contribution in [0.1, 0.15) is 11.5 Å². The third kappa shape index (κ3) is 5.82. The number of benzene rings is 3. The van der Waals surface area contributed by atoms with Gasteiger partial charge in [-0.05, 0) is 17.7 Å². The Morgan fingerprint density at radius 2 is 1.56 bits per heavy atom. The highest BCUT2D eigenvalue weighted by Gasteiger charge is 2.34. The summed E-state index contributed by atoms with van der Waals surface area (Å²) < 4.78 is 5.33. The van der Waals surface area contributed by atoms with E-state index in [1.165, 1.54) is 5.56 Å². The number of rotatable bonds is 8. The van der Waals surface area contributed by atoms with Gasteiger partial charge in [0.15, 0.2) is 0 Å². The van der Waals surface area contributed by atoms with Crippen LogP contribution in [0.15, 0.2) is 109 Å². The van der Waals surface area contributed by atoms with Gasteiger partial charge in [-0.2, -0.15) is 0 Å². The van der Waals surface area contributed by atoms with Crippen LogP contribution in [0.5, 0.6) is 0 Å². The first-order valence-corrected chi connectivity index (χ1v) is 13.9. The van der Waals surface area contributed by atoms with E-state index in [0.29, 0.717) is 18.0 Å². The molecule has 2 N–H and O–H groups in total.